The second-order valence-corrected chi connectivity index (χ2v) is 5.07. The Morgan fingerprint density at radius 1 is 1.32 bits per heavy atom. The number of piperidine rings is 1. The van der Waals surface area contributed by atoms with Gasteiger partial charge < -0.3 is 15.4 Å². The summed E-state index contributed by atoms with van der Waals surface area (Å²) in [5.74, 6) is 0. The Labute approximate surface area is 114 Å². The normalized spacial score (nSPS) is 17.7. The van der Waals surface area contributed by atoms with Gasteiger partial charge in [-0.15, -0.1) is 0 Å². The maximum Gasteiger partial charge on any atom is 0.407 e. The highest BCUT2D eigenvalue weighted by Gasteiger charge is 2.32. The van der Waals surface area contributed by atoms with E-state index in [1.807, 2.05) is 30.3 Å². The smallest absolute Gasteiger partial charge is 0.407 e. The van der Waals surface area contributed by atoms with Crippen molar-refractivity contribution in [1.82, 2.24) is 10.6 Å². The molecule has 0 radical (unpaired) electrons. The number of ether oxygens (including phenoxy) is 1. The molecule has 0 atom stereocenters. The fourth-order valence-electron chi connectivity index (χ4n) is 2.45. The standard InChI is InChI=1S/C15H22N2O2/c1-2-15(8-10-16-11-9-15)17-14(18)19-12-13-6-4-3-5-7-13/h3-7,16H,2,8-12H2,1H3,(H,17,18). The van der Waals surface area contributed by atoms with E-state index in [1.54, 1.807) is 0 Å². The van der Waals surface area contributed by atoms with E-state index >= 15 is 0 Å². The molecule has 4 nitrogen and oxygen atoms in total. The van der Waals surface area contributed by atoms with Gasteiger partial charge in [-0.25, -0.2) is 4.79 Å². The fraction of sp³-hybridized carbons (Fsp3) is 0.533. The molecule has 4 heteroatoms. The molecule has 1 amide bonds. The Morgan fingerprint density at radius 3 is 2.63 bits per heavy atom. The van der Waals surface area contributed by atoms with Crippen molar-refractivity contribution in [3.63, 3.8) is 0 Å². The molecule has 104 valence electrons. The first-order chi connectivity index (χ1) is 9.24. The van der Waals surface area contributed by atoms with Crippen LogP contribution in [0.15, 0.2) is 30.3 Å². The summed E-state index contributed by atoms with van der Waals surface area (Å²) < 4.78 is 5.29. The number of alkyl carbamates (subject to hydrolysis) is 1. The van der Waals surface area contributed by atoms with Crippen molar-refractivity contribution in [2.75, 3.05) is 13.1 Å². The Morgan fingerprint density at radius 2 is 2.00 bits per heavy atom. The predicted molar refractivity (Wildman–Crippen MR) is 74.9 cm³/mol. The van der Waals surface area contributed by atoms with Crippen molar-refractivity contribution >= 4 is 6.09 Å². The number of nitrogens with one attached hydrogen (secondary N) is 2. The molecule has 1 saturated heterocycles. The number of carbonyl (C=O) groups excluding carboxylic acids is 1. The van der Waals surface area contributed by atoms with Gasteiger partial charge in [0.15, 0.2) is 0 Å². The molecule has 0 spiro atoms. The summed E-state index contributed by atoms with van der Waals surface area (Å²) in [7, 11) is 0. The highest BCUT2D eigenvalue weighted by molar-refractivity contribution is 5.68. The molecular formula is C15H22N2O2. The van der Waals surface area contributed by atoms with Crippen LogP contribution in [0.1, 0.15) is 31.7 Å². The quantitative estimate of drug-likeness (QED) is 0.876. The molecule has 1 aliphatic heterocycles. The minimum absolute atomic E-state index is 0.0982. The topological polar surface area (TPSA) is 50.4 Å². The number of rotatable bonds is 4. The third-order valence-corrected chi connectivity index (χ3v) is 3.82. The summed E-state index contributed by atoms with van der Waals surface area (Å²) in [6.45, 7) is 4.34. The van der Waals surface area contributed by atoms with E-state index in [9.17, 15) is 4.79 Å². The summed E-state index contributed by atoms with van der Waals surface area (Å²) in [5.41, 5.74) is 0.910. The van der Waals surface area contributed by atoms with Crippen LogP contribution in [0.3, 0.4) is 0 Å². The lowest BCUT2D eigenvalue weighted by molar-refractivity contribution is 0.118. The van der Waals surface area contributed by atoms with Crippen molar-refractivity contribution in [3.05, 3.63) is 35.9 Å². The second kappa shape index (κ2) is 6.57. The van der Waals surface area contributed by atoms with Crippen LogP contribution < -0.4 is 10.6 Å². The fourth-order valence-corrected chi connectivity index (χ4v) is 2.45. The van der Waals surface area contributed by atoms with E-state index in [-0.39, 0.29) is 11.6 Å². The lowest BCUT2D eigenvalue weighted by atomic mass is 9.86. The Kier molecular flexibility index (Phi) is 4.80. The van der Waals surface area contributed by atoms with Crippen LogP contribution in [-0.2, 0) is 11.3 Å². The molecule has 1 aromatic carbocycles. The minimum Gasteiger partial charge on any atom is -0.445 e. The van der Waals surface area contributed by atoms with Gasteiger partial charge >= 0.3 is 6.09 Å². The van der Waals surface area contributed by atoms with Crippen molar-refractivity contribution in [3.8, 4) is 0 Å². The molecule has 2 rings (SSSR count). The van der Waals surface area contributed by atoms with Gasteiger partial charge in [-0.1, -0.05) is 37.3 Å². The summed E-state index contributed by atoms with van der Waals surface area (Å²) in [5, 5.41) is 6.36. The van der Waals surface area contributed by atoms with E-state index in [1.165, 1.54) is 0 Å². The number of hydrogen-bond acceptors (Lipinski definition) is 3. The minimum atomic E-state index is -0.312. The molecule has 1 aliphatic rings. The van der Waals surface area contributed by atoms with Gasteiger partial charge in [-0.2, -0.15) is 0 Å². The van der Waals surface area contributed by atoms with Crippen LogP contribution in [0.5, 0.6) is 0 Å². The maximum atomic E-state index is 11.9. The van der Waals surface area contributed by atoms with Crippen LogP contribution in [0.4, 0.5) is 4.79 Å². The van der Waals surface area contributed by atoms with Crippen molar-refractivity contribution in [1.29, 1.82) is 0 Å². The number of amides is 1. The van der Waals surface area contributed by atoms with Crippen molar-refractivity contribution in [2.45, 2.75) is 38.3 Å². The van der Waals surface area contributed by atoms with Gasteiger partial charge in [0.25, 0.3) is 0 Å². The van der Waals surface area contributed by atoms with Gasteiger partial charge in [0.2, 0.25) is 0 Å². The zero-order valence-electron chi connectivity index (χ0n) is 11.4. The van der Waals surface area contributed by atoms with Crippen LogP contribution in [0.25, 0.3) is 0 Å². The largest absolute Gasteiger partial charge is 0.445 e. The molecule has 0 saturated carbocycles. The summed E-state index contributed by atoms with van der Waals surface area (Å²) in [4.78, 5) is 11.9. The van der Waals surface area contributed by atoms with Crippen LogP contribution >= 0.6 is 0 Å². The van der Waals surface area contributed by atoms with Crippen molar-refractivity contribution in [2.24, 2.45) is 0 Å². The zero-order valence-corrected chi connectivity index (χ0v) is 11.4. The average molecular weight is 262 g/mol. The number of carbonyl (C=O) groups is 1. The van der Waals surface area contributed by atoms with E-state index in [0.29, 0.717) is 6.61 Å². The summed E-state index contributed by atoms with van der Waals surface area (Å²) >= 11 is 0. The number of hydrogen-bond donors (Lipinski definition) is 2. The first-order valence-corrected chi connectivity index (χ1v) is 6.94. The maximum absolute atomic E-state index is 11.9. The second-order valence-electron chi connectivity index (χ2n) is 5.07. The van der Waals surface area contributed by atoms with Crippen LogP contribution in [-0.4, -0.2) is 24.7 Å². The highest BCUT2D eigenvalue weighted by Crippen LogP contribution is 2.22. The van der Waals surface area contributed by atoms with Crippen molar-refractivity contribution < 1.29 is 9.53 Å². The lowest BCUT2D eigenvalue weighted by Crippen LogP contribution is -2.54. The zero-order chi connectivity index (χ0) is 13.6. The van der Waals surface area contributed by atoms with Crippen LogP contribution in [0.2, 0.25) is 0 Å². The van der Waals surface area contributed by atoms with Gasteiger partial charge in [-0.05, 0) is 37.9 Å². The van der Waals surface area contributed by atoms with E-state index in [0.717, 1.165) is 37.9 Å². The average Bonchev–Trinajstić information content (AvgIpc) is 2.47. The molecule has 1 fully saturated rings. The molecule has 0 unspecified atom stereocenters. The SMILES string of the molecule is CCC1(NC(=O)OCc2ccccc2)CCNCC1. The summed E-state index contributed by atoms with van der Waals surface area (Å²) in [6, 6.07) is 9.74. The van der Waals surface area contributed by atoms with E-state index in [4.69, 9.17) is 4.74 Å². The molecular weight excluding hydrogens is 240 g/mol. The van der Waals surface area contributed by atoms with Crippen LogP contribution in [0, 0.1) is 0 Å². The molecule has 19 heavy (non-hydrogen) atoms. The van der Waals surface area contributed by atoms with E-state index in [2.05, 4.69) is 17.6 Å². The monoisotopic (exact) mass is 262 g/mol. The molecule has 0 aromatic heterocycles. The molecule has 0 bridgehead atoms. The summed E-state index contributed by atoms with van der Waals surface area (Å²) in [6.07, 6.45) is 2.55. The predicted octanol–water partition coefficient (Wildman–Crippen LogP) is 2.45. The lowest BCUT2D eigenvalue weighted by Gasteiger charge is -2.37. The Balaban J connectivity index is 1.83. The third kappa shape index (κ3) is 3.96. The first-order valence-electron chi connectivity index (χ1n) is 6.94. The first kappa shape index (κ1) is 13.9. The van der Waals surface area contributed by atoms with Gasteiger partial charge in [0.05, 0.1) is 0 Å². The molecule has 0 aliphatic carbocycles. The molecule has 1 aromatic rings. The number of benzene rings is 1. The highest BCUT2D eigenvalue weighted by atomic mass is 16.5. The van der Waals surface area contributed by atoms with Gasteiger partial charge in [-0.3, -0.25) is 0 Å². The molecule has 2 N–H and O–H groups in total. The van der Waals surface area contributed by atoms with Gasteiger partial charge in [0.1, 0.15) is 6.61 Å². The molecule has 1 heterocycles. The Bertz CT molecular complexity index is 400. The van der Waals surface area contributed by atoms with Gasteiger partial charge in [0, 0.05) is 5.54 Å². The Hall–Kier alpha value is -1.55. The third-order valence-electron chi connectivity index (χ3n) is 3.82. The van der Waals surface area contributed by atoms with E-state index < -0.39 is 0 Å².